The Morgan fingerprint density at radius 1 is 1.37 bits per heavy atom. The zero-order valence-electron chi connectivity index (χ0n) is 11.5. The number of carbonyl (C=O) groups excluding carboxylic acids is 1. The highest BCUT2D eigenvalue weighted by molar-refractivity contribution is 5.85. The lowest BCUT2D eigenvalue weighted by Gasteiger charge is -2.13. The first-order valence-corrected chi connectivity index (χ1v) is 6.31. The predicted octanol–water partition coefficient (Wildman–Crippen LogP) is 1.86. The van der Waals surface area contributed by atoms with Gasteiger partial charge in [0.2, 0.25) is 5.91 Å². The summed E-state index contributed by atoms with van der Waals surface area (Å²) in [6, 6.07) is 7.96. The average molecular weight is 287 g/mol. The van der Waals surface area contributed by atoms with Crippen molar-refractivity contribution >= 4 is 18.3 Å². The molecule has 0 radical (unpaired) electrons. The van der Waals surface area contributed by atoms with Crippen LogP contribution in [0.3, 0.4) is 0 Å². The Morgan fingerprint density at radius 3 is 2.58 bits per heavy atom. The molecular weight excluding hydrogens is 264 g/mol. The van der Waals surface area contributed by atoms with Crippen LogP contribution in [0.15, 0.2) is 24.3 Å². The Bertz CT molecular complexity index is 385. The summed E-state index contributed by atoms with van der Waals surface area (Å²) in [5.74, 6) is -0.159. The highest BCUT2D eigenvalue weighted by atomic mass is 35.5. The monoisotopic (exact) mass is 286 g/mol. The number of benzene rings is 1. The number of hydrogen-bond acceptors (Lipinski definition) is 3. The summed E-state index contributed by atoms with van der Waals surface area (Å²) in [6.07, 6.45) is 0. The number of nitrogens with one attached hydrogen (secondary N) is 1. The van der Waals surface area contributed by atoms with Crippen molar-refractivity contribution in [3.8, 4) is 0 Å². The van der Waals surface area contributed by atoms with Crippen molar-refractivity contribution < 1.29 is 9.53 Å². The molecule has 1 amide bonds. The van der Waals surface area contributed by atoms with Gasteiger partial charge in [-0.25, -0.2) is 0 Å². The Labute approximate surface area is 121 Å². The maximum atomic E-state index is 11.7. The molecule has 0 heterocycles. The molecule has 0 aliphatic rings. The quantitative estimate of drug-likeness (QED) is 0.804. The number of rotatable bonds is 7. The zero-order valence-corrected chi connectivity index (χ0v) is 12.3. The van der Waals surface area contributed by atoms with Gasteiger partial charge in [-0.15, -0.1) is 12.4 Å². The fourth-order valence-corrected chi connectivity index (χ4v) is 1.55. The molecule has 1 unspecified atom stereocenters. The zero-order chi connectivity index (χ0) is 13.4. The number of halogens is 1. The summed E-state index contributed by atoms with van der Waals surface area (Å²) < 4.78 is 5.40. The average Bonchev–Trinajstić information content (AvgIpc) is 2.42. The first-order chi connectivity index (χ1) is 8.69. The number of nitrogens with two attached hydrogens (primary N) is 1. The van der Waals surface area contributed by atoms with Gasteiger partial charge in [0, 0.05) is 25.6 Å². The predicted molar refractivity (Wildman–Crippen MR) is 79.1 cm³/mol. The van der Waals surface area contributed by atoms with E-state index in [2.05, 4.69) is 5.32 Å². The van der Waals surface area contributed by atoms with Gasteiger partial charge in [0.05, 0.1) is 6.61 Å². The normalized spacial score (nSPS) is 11.5. The van der Waals surface area contributed by atoms with E-state index in [-0.39, 0.29) is 24.2 Å². The van der Waals surface area contributed by atoms with E-state index in [1.165, 1.54) is 0 Å². The van der Waals surface area contributed by atoms with Crippen LogP contribution in [-0.4, -0.2) is 19.1 Å². The third-order valence-corrected chi connectivity index (χ3v) is 2.83. The Hall–Kier alpha value is -1.10. The minimum absolute atomic E-state index is 0. The summed E-state index contributed by atoms with van der Waals surface area (Å²) in [4.78, 5) is 11.7. The summed E-state index contributed by atoms with van der Waals surface area (Å²) in [5.41, 5.74) is 7.65. The molecule has 0 bridgehead atoms. The highest BCUT2D eigenvalue weighted by Crippen LogP contribution is 2.10. The minimum atomic E-state index is -0.149. The van der Waals surface area contributed by atoms with E-state index < -0.39 is 0 Å². The second kappa shape index (κ2) is 9.78. The summed E-state index contributed by atoms with van der Waals surface area (Å²) in [7, 11) is 0. The van der Waals surface area contributed by atoms with E-state index >= 15 is 0 Å². The van der Waals surface area contributed by atoms with E-state index in [0.29, 0.717) is 26.3 Å². The van der Waals surface area contributed by atoms with Gasteiger partial charge < -0.3 is 15.8 Å². The van der Waals surface area contributed by atoms with E-state index in [0.717, 1.165) is 11.1 Å². The van der Waals surface area contributed by atoms with E-state index in [1.807, 2.05) is 38.1 Å². The number of ether oxygens (including phenoxy) is 1. The molecule has 0 spiro atoms. The third kappa shape index (κ3) is 6.05. The topological polar surface area (TPSA) is 64.3 Å². The summed E-state index contributed by atoms with van der Waals surface area (Å²) in [5, 5.41) is 2.89. The third-order valence-electron chi connectivity index (χ3n) is 2.83. The van der Waals surface area contributed by atoms with Crippen molar-refractivity contribution in [3.63, 3.8) is 0 Å². The highest BCUT2D eigenvalue weighted by Gasteiger charge is 2.10. The molecule has 5 heteroatoms. The van der Waals surface area contributed by atoms with Crippen LogP contribution >= 0.6 is 12.4 Å². The molecule has 0 fully saturated rings. The number of hydrogen-bond donors (Lipinski definition) is 2. The molecular formula is C14H23ClN2O2. The van der Waals surface area contributed by atoms with Gasteiger partial charge in [0.25, 0.3) is 0 Å². The van der Waals surface area contributed by atoms with Crippen LogP contribution in [-0.2, 0) is 22.7 Å². The van der Waals surface area contributed by atoms with Gasteiger partial charge in [-0.1, -0.05) is 31.2 Å². The van der Waals surface area contributed by atoms with Crippen LogP contribution in [0.25, 0.3) is 0 Å². The first-order valence-electron chi connectivity index (χ1n) is 6.31. The van der Waals surface area contributed by atoms with Crippen LogP contribution in [0, 0.1) is 5.92 Å². The second-order valence-corrected chi connectivity index (χ2v) is 4.26. The molecule has 1 atom stereocenters. The molecule has 19 heavy (non-hydrogen) atoms. The largest absolute Gasteiger partial charge is 0.377 e. The first kappa shape index (κ1) is 17.9. The molecule has 1 aromatic rings. The Balaban J connectivity index is 0.00000324. The maximum Gasteiger partial charge on any atom is 0.224 e. The van der Waals surface area contributed by atoms with E-state index in [4.69, 9.17) is 10.5 Å². The lowest BCUT2D eigenvalue weighted by Crippen LogP contribution is -2.33. The van der Waals surface area contributed by atoms with Crippen molar-refractivity contribution in [2.75, 3.05) is 13.2 Å². The van der Waals surface area contributed by atoms with Gasteiger partial charge in [-0.3, -0.25) is 4.79 Å². The van der Waals surface area contributed by atoms with E-state index in [9.17, 15) is 4.79 Å². The van der Waals surface area contributed by atoms with Crippen LogP contribution in [0.5, 0.6) is 0 Å². The molecule has 0 saturated heterocycles. The lowest BCUT2D eigenvalue weighted by atomic mass is 10.1. The van der Waals surface area contributed by atoms with Crippen molar-refractivity contribution in [1.82, 2.24) is 5.32 Å². The Kier molecular flexibility index (Phi) is 9.21. The SMILES string of the molecule is CCOCc1ccccc1CNC(=O)C(C)CN.Cl. The van der Waals surface area contributed by atoms with Crippen LogP contribution < -0.4 is 11.1 Å². The van der Waals surface area contributed by atoms with Gasteiger partial charge >= 0.3 is 0 Å². The fourth-order valence-electron chi connectivity index (χ4n) is 1.55. The molecule has 1 rings (SSSR count). The Morgan fingerprint density at radius 2 is 2.00 bits per heavy atom. The molecule has 0 aromatic heterocycles. The van der Waals surface area contributed by atoms with Crippen molar-refractivity contribution in [2.45, 2.75) is 27.0 Å². The van der Waals surface area contributed by atoms with Gasteiger partial charge in [0.1, 0.15) is 0 Å². The van der Waals surface area contributed by atoms with Crippen molar-refractivity contribution in [3.05, 3.63) is 35.4 Å². The van der Waals surface area contributed by atoms with Crippen molar-refractivity contribution in [1.29, 1.82) is 0 Å². The van der Waals surface area contributed by atoms with Gasteiger partial charge in [-0.2, -0.15) is 0 Å². The minimum Gasteiger partial charge on any atom is -0.377 e. The molecule has 1 aromatic carbocycles. The second-order valence-electron chi connectivity index (χ2n) is 4.26. The van der Waals surface area contributed by atoms with E-state index in [1.54, 1.807) is 0 Å². The number of carbonyl (C=O) groups is 1. The molecule has 4 nitrogen and oxygen atoms in total. The lowest BCUT2D eigenvalue weighted by molar-refractivity contribution is -0.124. The van der Waals surface area contributed by atoms with Gasteiger partial charge in [0.15, 0.2) is 0 Å². The van der Waals surface area contributed by atoms with Gasteiger partial charge in [-0.05, 0) is 18.1 Å². The number of amides is 1. The summed E-state index contributed by atoms with van der Waals surface area (Å²) in [6.45, 7) is 5.94. The van der Waals surface area contributed by atoms with Crippen molar-refractivity contribution in [2.24, 2.45) is 11.7 Å². The molecule has 108 valence electrons. The summed E-state index contributed by atoms with van der Waals surface area (Å²) >= 11 is 0. The fraction of sp³-hybridized carbons (Fsp3) is 0.500. The molecule has 0 saturated carbocycles. The van der Waals surface area contributed by atoms with Crippen LogP contribution in [0.4, 0.5) is 0 Å². The molecule has 0 aliphatic carbocycles. The molecule has 3 N–H and O–H groups in total. The van der Waals surface area contributed by atoms with Crippen LogP contribution in [0.1, 0.15) is 25.0 Å². The maximum absolute atomic E-state index is 11.7. The van der Waals surface area contributed by atoms with Crippen LogP contribution in [0.2, 0.25) is 0 Å². The molecule has 0 aliphatic heterocycles. The smallest absolute Gasteiger partial charge is 0.224 e. The standard InChI is InChI=1S/C14H22N2O2.ClH/c1-3-18-10-13-7-5-4-6-12(13)9-16-14(17)11(2)8-15;/h4-7,11H,3,8-10,15H2,1-2H3,(H,16,17);1H.